The van der Waals surface area contributed by atoms with Crippen molar-refractivity contribution in [3.63, 3.8) is 0 Å². The molecule has 0 radical (unpaired) electrons. The Kier molecular flexibility index (Phi) is 4.09. The van der Waals surface area contributed by atoms with Crippen molar-refractivity contribution in [1.29, 1.82) is 0 Å². The first-order valence-electron chi connectivity index (χ1n) is 7.94. The van der Waals surface area contributed by atoms with Crippen LogP contribution >= 0.6 is 0 Å². The average Bonchev–Trinajstić information content (AvgIpc) is 3.08. The summed E-state index contributed by atoms with van der Waals surface area (Å²) in [5.41, 5.74) is 5.26. The maximum absolute atomic E-state index is 10.8. The van der Waals surface area contributed by atoms with Gasteiger partial charge in [0.25, 0.3) is 5.69 Å². The molecule has 3 rings (SSSR count). The first-order chi connectivity index (χ1) is 11.3. The van der Waals surface area contributed by atoms with Crippen molar-refractivity contribution < 1.29 is 9.76 Å². The van der Waals surface area contributed by atoms with Crippen LogP contribution in [0.3, 0.4) is 0 Å². The number of benzene rings is 2. The van der Waals surface area contributed by atoms with E-state index >= 15 is 0 Å². The molecule has 1 aliphatic rings. The van der Waals surface area contributed by atoms with Gasteiger partial charge in [0.05, 0.1) is 10.6 Å². The van der Waals surface area contributed by atoms with E-state index in [9.17, 15) is 10.1 Å². The lowest BCUT2D eigenvalue weighted by molar-refractivity contribution is -0.384. The molecule has 0 atom stereocenters. The van der Waals surface area contributed by atoms with Crippen LogP contribution in [0.2, 0.25) is 0 Å². The van der Waals surface area contributed by atoms with Crippen LogP contribution < -0.4 is 0 Å². The standard InChI is InChI=1S/C19H20N2O3/c1-19(2,3)16-11-14(10-15(12-16)18-8-9-24-20-18)13-4-6-17(7-5-13)21(22)23/h4-7,10-12H,8-9H2,1-3H3. The van der Waals surface area contributed by atoms with Gasteiger partial charge < -0.3 is 4.84 Å². The monoisotopic (exact) mass is 324 g/mol. The Balaban J connectivity index is 2.09. The van der Waals surface area contributed by atoms with Crippen LogP contribution in [0.4, 0.5) is 5.69 Å². The third-order valence-electron chi connectivity index (χ3n) is 4.15. The third-order valence-corrected chi connectivity index (χ3v) is 4.15. The molecule has 0 aromatic heterocycles. The van der Waals surface area contributed by atoms with Crippen LogP contribution in [0, 0.1) is 10.1 Å². The molecule has 1 aliphatic heterocycles. The third kappa shape index (κ3) is 3.30. The Hall–Kier alpha value is -2.69. The van der Waals surface area contributed by atoms with E-state index in [1.807, 2.05) is 0 Å². The van der Waals surface area contributed by atoms with E-state index in [4.69, 9.17) is 4.84 Å². The maximum atomic E-state index is 10.8. The summed E-state index contributed by atoms with van der Waals surface area (Å²) in [4.78, 5) is 15.6. The molecule has 0 saturated carbocycles. The molecule has 0 bridgehead atoms. The molecular formula is C19H20N2O3. The predicted molar refractivity (Wildman–Crippen MR) is 94.3 cm³/mol. The molecule has 2 aromatic rings. The van der Waals surface area contributed by atoms with Crippen molar-refractivity contribution in [2.75, 3.05) is 6.61 Å². The fraction of sp³-hybridized carbons (Fsp3) is 0.316. The quantitative estimate of drug-likeness (QED) is 0.608. The van der Waals surface area contributed by atoms with Crippen LogP contribution in [0.1, 0.15) is 38.3 Å². The number of hydrogen-bond acceptors (Lipinski definition) is 4. The molecule has 0 amide bonds. The Bertz CT molecular complexity index is 802. The van der Waals surface area contributed by atoms with Crippen molar-refractivity contribution in [3.05, 3.63) is 63.7 Å². The SMILES string of the molecule is CC(C)(C)c1cc(C2=NOCC2)cc(-c2ccc([N+](=O)[O-])cc2)c1. The number of hydrogen-bond donors (Lipinski definition) is 0. The molecule has 0 spiro atoms. The van der Waals surface area contributed by atoms with Crippen LogP contribution in [0.25, 0.3) is 11.1 Å². The summed E-state index contributed by atoms with van der Waals surface area (Å²) in [6.07, 6.45) is 0.799. The van der Waals surface area contributed by atoms with Gasteiger partial charge in [0.1, 0.15) is 6.61 Å². The van der Waals surface area contributed by atoms with E-state index in [0.29, 0.717) is 6.61 Å². The lowest BCUT2D eigenvalue weighted by atomic mass is 9.83. The summed E-state index contributed by atoms with van der Waals surface area (Å²) in [6.45, 7) is 7.11. The van der Waals surface area contributed by atoms with Crippen LogP contribution in [-0.4, -0.2) is 17.2 Å². The van der Waals surface area contributed by atoms with E-state index in [0.717, 1.165) is 28.8 Å². The summed E-state index contributed by atoms with van der Waals surface area (Å²) >= 11 is 0. The molecule has 124 valence electrons. The second-order valence-corrected chi connectivity index (χ2v) is 6.97. The number of nitro benzene ring substituents is 1. The van der Waals surface area contributed by atoms with Crippen molar-refractivity contribution >= 4 is 11.4 Å². The Morgan fingerprint density at radius 2 is 1.71 bits per heavy atom. The Morgan fingerprint density at radius 3 is 2.25 bits per heavy atom. The van der Waals surface area contributed by atoms with E-state index < -0.39 is 0 Å². The molecule has 5 heteroatoms. The molecule has 0 aliphatic carbocycles. The number of non-ortho nitro benzene ring substituents is 1. The topological polar surface area (TPSA) is 64.7 Å². The lowest BCUT2D eigenvalue weighted by Gasteiger charge is -2.21. The summed E-state index contributed by atoms with van der Waals surface area (Å²) < 4.78 is 0. The fourth-order valence-corrected chi connectivity index (χ4v) is 2.68. The molecule has 0 N–H and O–H groups in total. The van der Waals surface area contributed by atoms with Crippen LogP contribution in [-0.2, 0) is 10.3 Å². The van der Waals surface area contributed by atoms with Crippen molar-refractivity contribution in [3.8, 4) is 11.1 Å². The summed E-state index contributed by atoms with van der Waals surface area (Å²) in [7, 11) is 0. The van der Waals surface area contributed by atoms with E-state index in [2.05, 4.69) is 44.1 Å². The van der Waals surface area contributed by atoms with Crippen molar-refractivity contribution in [1.82, 2.24) is 0 Å². The highest BCUT2D eigenvalue weighted by molar-refractivity contribution is 6.02. The Labute approximate surface area is 141 Å². The highest BCUT2D eigenvalue weighted by Gasteiger charge is 2.19. The van der Waals surface area contributed by atoms with Gasteiger partial charge in [-0.25, -0.2) is 0 Å². The lowest BCUT2D eigenvalue weighted by Crippen LogP contribution is -2.12. The van der Waals surface area contributed by atoms with Gasteiger partial charge in [-0.1, -0.05) is 32.0 Å². The molecule has 1 heterocycles. The van der Waals surface area contributed by atoms with E-state index in [-0.39, 0.29) is 16.0 Å². The highest BCUT2D eigenvalue weighted by Crippen LogP contribution is 2.31. The zero-order valence-electron chi connectivity index (χ0n) is 14.1. The number of nitrogens with zero attached hydrogens (tertiary/aromatic N) is 2. The van der Waals surface area contributed by atoms with E-state index in [1.165, 1.54) is 17.7 Å². The largest absolute Gasteiger partial charge is 0.395 e. The zero-order valence-corrected chi connectivity index (χ0v) is 14.1. The predicted octanol–water partition coefficient (Wildman–Crippen LogP) is 4.68. The Morgan fingerprint density at radius 1 is 1.04 bits per heavy atom. The van der Waals surface area contributed by atoms with Crippen molar-refractivity contribution in [2.24, 2.45) is 5.16 Å². The number of rotatable bonds is 3. The minimum absolute atomic E-state index is 0.00837. The first-order valence-corrected chi connectivity index (χ1v) is 7.94. The first kappa shape index (κ1) is 16.2. The van der Waals surface area contributed by atoms with E-state index in [1.54, 1.807) is 12.1 Å². The molecule has 24 heavy (non-hydrogen) atoms. The number of nitro groups is 1. The molecule has 2 aromatic carbocycles. The smallest absolute Gasteiger partial charge is 0.269 e. The van der Waals surface area contributed by atoms with Gasteiger partial charge in [0, 0.05) is 24.1 Å². The normalized spacial score (nSPS) is 14.2. The van der Waals surface area contributed by atoms with Gasteiger partial charge in [0.15, 0.2) is 0 Å². The molecule has 0 unspecified atom stereocenters. The minimum atomic E-state index is -0.384. The van der Waals surface area contributed by atoms with Gasteiger partial charge in [-0.05, 0) is 46.4 Å². The van der Waals surface area contributed by atoms with Gasteiger partial charge in [-0.2, -0.15) is 0 Å². The van der Waals surface area contributed by atoms with Gasteiger partial charge in [0.2, 0.25) is 0 Å². The second-order valence-electron chi connectivity index (χ2n) is 6.97. The summed E-state index contributed by atoms with van der Waals surface area (Å²) in [5.74, 6) is 0. The van der Waals surface area contributed by atoms with Gasteiger partial charge >= 0.3 is 0 Å². The van der Waals surface area contributed by atoms with Crippen molar-refractivity contribution in [2.45, 2.75) is 32.6 Å². The average molecular weight is 324 g/mol. The fourth-order valence-electron chi connectivity index (χ4n) is 2.68. The van der Waals surface area contributed by atoms with Crippen LogP contribution in [0.15, 0.2) is 47.6 Å². The highest BCUT2D eigenvalue weighted by atomic mass is 16.6. The second kappa shape index (κ2) is 6.07. The maximum Gasteiger partial charge on any atom is 0.269 e. The zero-order chi connectivity index (χ0) is 17.3. The molecule has 0 saturated heterocycles. The minimum Gasteiger partial charge on any atom is -0.395 e. The van der Waals surface area contributed by atoms with Gasteiger partial charge in [-0.3, -0.25) is 10.1 Å². The summed E-state index contributed by atoms with van der Waals surface area (Å²) in [5, 5.41) is 15.0. The summed E-state index contributed by atoms with van der Waals surface area (Å²) in [6, 6.07) is 13.0. The molecular weight excluding hydrogens is 304 g/mol. The molecule has 5 nitrogen and oxygen atoms in total. The number of oxime groups is 1. The molecule has 0 fully saturated rings. The van der Waals surface area contributed by atoms with Crippen LogP contribution in [0.5, 0.6) is 0 Å². The van der Waals surface area contributed by atoms with Gasteiger partial charge in [-0.15, -0.1) is 0 Å².